The predicted molar refractivity (Wildman–Crippen MR) is 85.8 cm³/mol. The maximum Gasteiger partial charge on any atom is 0.172 e. The molecule has 0 fully saturated rings. The highest BCUT2D eigenvalue weighted by atomic mass is 79.9. The molecular formula is C16H15BrOS. The molecule has 0 atom stereocenters. The van der Waals surface area contributed by atoms with E-state index in [0.29, 0.717) is 5.75 Å². The first-order chi connectivity index (χ1) is 9.16. The van der Waals surface area contributed by atoms with Crippen LogP contribution in [-0.2, 0) is 5.75 Å². The van der Waals surface area contributed by atoms with E-state index in [1.54, 1.807) is 11.8 Å². The molecule has 19 heavy (non-hydrogen) atoms. The van der Waals surface area contributed by atoms with Gasteiger partial charge >= 0.3 is 0 Å². The number of rotatable bonds is 5. The molecule has 0 aromatic heterocycles. The molecule has 2 aromatic carbocycles. The molecule has 0 aliphatic carbocycles. The molecule has 0 radical (unpaired) electrons. The number of halogens is 1. The van der Waals surface area contributed by atoms with Gasteiger partial charge in [0.15, 0.2) is 5.78 Å². The predicted octanol–water partition coefficient (Wildman–Crippen LogP) is 4.87. The lowest BCUT2D eigenvalue weighted by Crippen LogP contribution is -2.02. The van der Waals surface area contributed by atoms with E-state index < -0.39 is 0 Å². The molecule has 2 rings (SSSR count). The van der Waals surface area contributed by atoms with Crippen molar-refractivity contribution < 1.29 is 4.79 Å². The Bertz CT molecular complexity index is 563. The van der Waals surface area contributed by atoms with Gasteiger partial charge in [0.2, 0.25) is 0 Å². The number of hydrogen-bond acceptors (Lipinski definition) is 2. The molecule has 0 aliphatic rings. The van der Waals surface area contributed by atoms with Crippen molar-refractivity contribution >= 4 is 33.5 Å². The summed E-state index contributed by atoms with van der Waals surface area (Å²) in [7, 11) is 0. The Hall–Kier alpha value is -1.06. The molecule has 3 heteroatoms. The zero-order chi connectivity index (χ0) is 13.7. The van der Waals surface area contributed by atoms with Gasteiger partial charge in [-0.05, 0) is 30.2 Å². The molecule has 2 aromatic rings. The van der Waals surface area contributed by atoms with E-state index in [1.165, 1.54) is 11.1 Å². The second-order valence-electron chi connectivity index (χ2n) is 4.35. The van der Waals surface area contributed by atoms with Crippen LogP contribution < -0.4 is 0 Å². The maximum absolute atomic E-state index is 12.0. The van der Waals surface area contributed by atoms with E-state index >= 15 is 0 Å². The van der Waals surface area contributed by atoms with Crippen LogP contribution in [-0.4, -0.2) is 11.5 Å². The topological polar surface area (TPSA) is 17.1 Å². The fraction of sp³-hybridized carbons (Fsp3) is 0.188. The van der Waals surface area contributed by atoms with Gasteiger partial charge in [-0.3, -0.25) is 4.79 Å². The van der Waals surface area contributed by atoms with Gasteiger partial charge in [-0.1, -0.05) is 52.3 Å². The average Bonchev–Trinajstić information content (AvgIpc) is 2.41. The summed E-state index contributed by atoms with van der Waals surface area (Å²) in [5, 5.41) is 0. The Morgan fingerprint density at radius 1 is 1.11 bits per heavy atom. The van der Waals surface area contributed by atoms with E-state index in [-0.39, 0.29) is 5.78 Å². The molecule has 0 amide bonds. The van der Waals surface area contributed by atoms with E-state index in [2.05, 4.69) is 35.0 Å². The third-order valence-electron chi connectivity index (χ3n) is 2.92. The summed E-state index contributed by atoms with van der Waals surface area (Å²) in [6.07, 6.45) is 0. The van der Waals surface area contributed by atoms with Crippen LogP contribution in [0.4, 0.5) is 0 Å². The van der Waals surface area contributed by atoms with Crippen LogP contribution in [0, 0.1) is 6.92 Å². The first-order valence-corrected chi connectivity index (χ1v) is 8.02. The highest BCUT2D eigenvalue weighted by Crippen LogP contribution is 2.18. The van der Waals surface area contributed by atoms with E-state index in [9.17, 15) is 4.79 Å². The standard InChI is InChI=1S/C16H15BrOS/c1-12-4-2-3-5-14(12)10-19-11-16(18)13-6-8-15(17)9-7-13/h2-9H,10-11H2,1H3. The number of ketones is 1. The van der Waals surface area contributed by atoms with Gasteiger partial charge in [0, 0.05) is 15.8 Å². The SMILES string of the molecule is Cc1ccccc1CSCC(=O)c1ccc(Br)cc1. The summed E-state index contributed by atoms with van der Waals surface area (Å²) < 4.78 is 0.997. The highest BCUT2D eigenvalue weighted by Gasteiger charge is 2.06. The summed E-state index contributed by atoms with van der Waals surface area (Å²) in [6.45, 7) is 2.10. The van der Waals surface area contributed by atoms with Crippen LogP contribution >= 0.6 is 27.7 Å². The molecule has 0 aliphatic heterocycles. The van der Waals surface area contributed by atoms with Crippen molar-refractivity contribution in [2.75, 3.05) is 5.75 Å². The second-order valence-corrected chi connectivity index (χ2v) is 6.25. The largest absolute Gasteiger partial charge is 0.293 e. The van der Waals surface area contributed by atoms with Crippen LogP contribution in [0.2, 0.25) is 0 Å². The number of thioether (sulfide) groups is 1. The van der Waals surface area contributed by atoms with Gasteiger partial charge in [-0.15, -0.1) is 11.8 Å². The van der Waals surface area contributed by atoms with Crippen molar-refractivity contribution in [1.82, 2.24) is 0 Å². The molecule has 0 N–H and O–H groups in total. The molecular weight excluding hydrogens is 320 g/mol. The Labute approximate surface area is 126 Å². The molecule has 0 spiro atoms. The smallest absolute Gasteiger partial charge is 0.172 e. The maximum atomic E-state index is 12.0. The number of carbonyl (C=O) groups excluding carboxylic acids is 1. The minimum atomic E-state index is 0.186. The number of benzene rings is 2. The van der Waals surface area contributed by atoms with Crippen molar-refractivity contribution in [3.63, 3.8) is 0 Å². The lowest BCUT2D eigenvalue weighted by Gasteiger charge is -2.05. The fourth-order valence-electron chi connectivity index (χ4n) is 1.74. The number of Topliss-reactive ketones (excluding diaryl/α,β-unsaturated/α-hetero) is 1. The highest BCUT2D eigenvalue weighted by molar-refractivity contribution is 9.10. The fourth-order valence-corrected chi connectivity index (χ4v) is 3.01. The Balaban J connectivity index is 1.88. The van der Waals surface area contributed by atoms with Crippen LogP contribution in [0.1, 0.15) is 21.5 Å². The molecule has 0 bridgehead atoms. The Kier molecular flexibility index (Phi) is 5.23. The van der Waals surface area contributed by atoms with Crippen LogP contribution in [0.3, 0.4) is 0 Å². The third kappa shape index (κ3) is 4.22. The van der Waals surface area contributed by atoms with Crippen molar-refractivity contribution in [3.05, 3.63) is 69.7 Å². The molecule has 0 heterocycles. The van der Waals surface area contributed by atoms with Crippen LogP contribution in [0.15, 0.2) is 53.0 Å². The summed E-state index contributed by atoms with van der Waals surface area (Å²) >= 11 is 5.04. The number of aryl methyl sites for hydroxylation is 1. The summed E-state index contributed by atoms with van der Waals surface area (Å²) in [4.78, 5) is 12.0. The second kappa shape index (κ2) is 6.92. The van der Waals surface area contributed by atoms with Crippen LogP contribution in [0.5, 0.6) is 0 Å². The zero-order valence-corrected chi connectivity index (χ0v) is 13.1. The van der Waals surface area contributed by atoms with E-state index in [0.717, 1.165) is 15.8 Å². The quantitative estimate of drug-likeness (QED) is 0.725. The van der Waals surface area contributed by atoms with Crippen LogP contribution in [0.25, 0.3) is 0 Å². The first-order valence-electron chi connectivity index (χ1n) is 6.08. The van der Waals surface area contributed by atoms with Gasteiger partial charge in [0.1, 0.15) is 0 Å². The first kappa shape index (κ1) is 14.4. The molecule has 0 saturated heterocycles. The van der Waals surface area contributed by atoms with Crippen molar-refractivity contribution in [1.29, 1.82) is 0 Å². The lowest BCUT2D eigenvalue weighted by atomic mass is 10.1. The van der Waals surface area contributed by atoms with Crippen molar-refractivity contribution in [3.8, 4) is 0 Å². The Morgan fingerprint density at radius 3 is 2.47 bits per heavy atom. The monoisotopic (exact) mass is 334 g/mol. The summed E-state index contributed by atoms with van der Waals surface area (Å²) in [6, 6.07) is 15.8. The number of hydrogen-bond donors (Lipinski definition) is 0. The van der Waals surface area contributed by atoms with E-state index in [4.69, 9.17) is 0 Å². The summed E-state index contributed by atoms with van der Waals surface area (Å²) in [5.41, 5.74) is 3.36. The normalized spacial score (nSPS) is 10.4. The van der Waals surface area contributed by atoms with Crippen molar-refractivity contribution in [2.45, 2.75) is 12.7 Å². The van der Waals surface area contributed by atoms with E-state index in [1.807, 2.05) is 36.4 Å². The summed E-state index contributed by atoms with van der Waals surface area (Å²) in [5.74, 6) is 1.59. The lowest BCUT2D eigenvalue weighted by molar-refractivity contribution is 0.102. The number of carbonyl (C=O) groups is 1. The Morgan fingerprint density at radius 2 is 1.79 bits per heavy atom. The van der Waals surface area contributed by atoms with Crippen molar-refractivity contribution in [2.24, 2.45) is 0 Å². The van der Waals surface area contributed by atoms with Gasteiger partial charge in [-0.2, -0.15) is 0 Å². The minimum absolute atomic E-state index is 0.186. The van der Waals surface area contributed by atoms with Gasteiger partial charge in [-0.25, -0.2) is 0 Å². The molecule has 0 unspecified atom stereocenters. The average molecular weight is 335 g/mol. The minimum Gasteiger partial charge on any atom is -0.293 e. The molecule has 1 nitrogen and oxygen atoms in total. The zero-order valence-electron chi connectivity index (χ0n) is 10.7. The molecule has 98 valence electrons. The third-order valence-corrected chi connectivity index (χ3v) is 4.43. The van der Waals surface area contributed by atoms with Gasteiger partial charge in [0.25, 0.3) is 0 Å². The van der Waals surface area contributed by atoms with Gasteiger partial charge < -0.3 is 0 Å². The molecule has 0 saturated carbocycles. The van der Waals surface area contributed by atoms with Gasteiger partial charge in [0.05, 0.1) is 5.75 Å².